The SMILES string of the molecule is CN(C)Cc1cc(S(=O)(=O)c2cc(CN(C)C)c(O)c(CN(C)C)c2)cc(CN(C)C)c1O.Cl. The Kier molecular flexibility index (Phi) is 10.8. The number of hydrogen-bond donors (Lipinski definition) is 2. The summed E-state index contributed by atoms with van der Waals surface area (Å²) in [5, 5.41) is 21.6. The van der Waals surface area contributed by atoms with E-state index in [4.69, 9.17) is 0 Å². The highest BCUT2D eigenvalue weighted by molar-refractivity contribution is 7.91. The zero-order valence-corrected chi connectivity index (χ0v) is 23.1. The molecule has 0 aromatic heterocycles. The predicted octanol–water partition coefficient (Wildman–Crippen LogP) is 2.60. The third-order valence-electron chi connectivity index (χ3n) is 5.05. The minimum Gasteiger partial charge on any atom is -0.507 e. The highest BCUT2D eigenvalue weighted by Gasteiger charge is 2.25. The fraction of sp³-hybridized carbons (Fsp3) is 0.500. The molecular formula is C24H39ClN4O4S. The molecule has 34 heavy (non-hydrogen) atoms. The fourth-order valence-corrected chi connectivity index (χ4v) is 5.21. The minimum absolute atomic E-state index is 0. The molecule has 0 amide bonds. The van der Waals surface area contributed by atoms with Gasteiger partial charge < -0.3 is 29.8 Å². The fourth-order valence-electron chi connectivity index (χ4n) is 3.75. The van der Waals surface area contributed by atoms with Crippen LogP contribution in [0, 0.1) is 0 Å². The molecule has 2 aromatic rings. The molecule has 0 spiro atoms. The number of rotatable bonds is 10. The van der Waals surface area contributed by atoms with E-state index in [1.807, 2.05) is 76.0 Å². The van der Waals surface area contributed by atoms with Crippen molar-refractivity contribution in [3.8, 4) is 11.5 Å². The van der Waals surface area contributed by atoms with Crippen molar-refractivity contribution in [2.24, 2.45) is 0 Å². The summed E-state index contributed by atoms with van der Waals surface area (Å²) >= 11 is 0. The molecule has 0 fully saturated rings. The number of hydrogen-bond acceptors (Lipinski definition) is 8. The van der Waals surface area contributed by atoms with Gasteiger partial charge in [0.1, 0.15) is 11.5 Å². The van der Waals surface area contributed by atoms with Crippen LogP contribution in [0.1, 0.15) is 22.3 Å². The van der Waals surface area contributed by atoms with E-state index in [1.165, 1.54) is 0 Å². The molecular weight excluding hydrogens is 476 g/mol. The largest absolute Gasteiger partial charge is 0.507 e. The van der Waals surface area contributed by atoms with Gasteiger partial charge >= 0.3 is 0 Å². The molecule has 0 aliphatic rings. The molecule has 0 aliphatic heterocycles. The first-order valence-corrected chi connectivity index (χ1v) is 12.2. The molecule has 192 valence electrons. The van der Waals surface area contributed by atoms with E-state index in [0.29, 0.717) is 48.4 Å². The van der Waals surface area contributed by atoms with Crippen LogP contribution in [0.3, 0.4) is 0 Å². The van der Waals surface area contributed by atoms with Gasteiger partial charge in [0.05, 0.1) is 9.79 Å². The first-order valence-electron chi connectivity index (χ1n) is 10.8. The van der Waals surface area contributed by atoms with Crippen LogP contribution in [0.5, 0.6) is 11.5 Å². The summed E-state index contributed by atoms with van der Waals surface area (Å²) in [4.78, 5) is 7.80. The van der Waals surface area contributed by atoms with E-state index >= 15 is 0 Å². The Bertz CT molecular complexity index is 945. The molecule has 2 N–H and O–H groups in total. The summed E-state index contributed by atoms with van der Waals surface area (Å²) in [7, 11) is 11.0. The van der Waals surface area contributed by atoms with Gasteiger partial charge in [-0.2, -0.15) is 0 Å². The standard InChI is InChI=1S/C24H38N4O4S.ClH/c1-25(2)13-17-9-21(10-18(23(17)29)14-26(3)4)33(31,32)22-11-19(15-27(5)6)24(30)20(12-22)16-28(7)8;/h9-12,29-30H,13-16H2,1-8H3;1H. The number of sulfone groups is 1. The molecule has 0 atom stereocenters. The number of phenolic OH excluding ortho intramolecular Hbond substituents is 2. The predicted molar refractivity (Wildman–Crippen MR) is 138 cm³/mol. The number of benzene rings is 2. The van der Waals surface area contributed by atoms with Crippen molar-refractivity contribution in [1.82, 2.24) is 19.6 Å². The van der Waals surface area contributed by atoms with Gasteiger partial charge in [-0.05, 0) is 80.6 Å². The molecule has 10 heteroatoms. The van der Waals surface area contributed by atoms with Gasteiger partial charge in [0.25, 0.3) is 0 Å². The topological polar surface area (TPSA) is 87.6 Å². The van der Waals surface area contributed by atoms with Crippen molar-refractivity contribution in [3.05, 3.63) is 46.5 Å². The lowest BCUT2D eigenvalue weighted by molar-refractivity contribution is 0.367. The highest BCUT2D eigenvalue weighted by Crippen LogP contribution is 2.34. The average molecular weight is 515 g/mol. The van der Waals surface area contributed by atoms with Crippen LogP contribution < -0.4 is 0 Å². The van der Waals surface area contributed by atoms with Crippen molar-refractivity contribution in [2.75, 3.05) is 56.4 Å². The maximum atomic E-state index is 13.8. The maximum absolute atomic E-state index is 13.8. The van der Waals surface area contributed by atoms with E-state index in [-0.39, 0.29) is 33.7 Å². The van der Waals surface area contributed by atoms with Crippen LogP contribution in [0.15, 0.2) is 34.1 Å². The molecule has 0 bridgehead atoms. The first kappa shape index (κ1) is 30.2. The summed E-state index contributed by atoms with van der Waals surface area (Å²) in [6, 6.07) is 6.20. The zero-order valence-electron chi connectivity index (χ0n) is 21.5. The maximum Gasteiger partial charge on any atom is 0.206 e. The van der Waals surface area contributed by atoms with Crippen molar-refractivity contribution < 1.29 is 18.6 Å². The Hall–Kier alpha value is -1.88. The molecule has 0 unspecified atom stereocenters. The van der Waals surface area contributed by atoms with Gasteiger partial charge in [0.2, 0.25) is 9.84 Å². The Balaban J connectivity index is 0.00000578. The normalized spacial score (nSPS) is 12.1. The van der Waals surface area contributed by atoms with Gasteiger partial charge in [-0.3, -0.25) is 0 Å². The third kappa shape index (κ3) is 7.56. The van der Waals surface area contributed by atoms with Crippen molar-refractivity contribution >= 4 is 22.2 Å². The second-order valence-electron chi connectivity index (χ2n) is 9.63. The van der Waals surface area contributed by atoms with E-state index < -0.39 is 9.84 Å². The summed E-state index contributed by atoms with van der Waals surface area (Å²) in [6.45, 7) is 1.62. The third-order valence-corrected chi connectivity index (χ3v) is 6.76. The van der Waals surface area contributed by atoms with Gasteiger partial charge in [0, 0.05) is 48.4 Å². The zero-order chi connectivity index (χ0) is 25.1. The van der Waals surface area contributed by atoms with Gasteiger partial charge in [-0.25, -0.2) is 8.42 Å². The molecule has 0 aliphatic carbocycles. The molecule has 8 nitrogen and oxygen atoms in total. The number of phenols is 2. The Morgan fingerprint density at radius 3 is 0.941 bits per heavy atom. The number of halogens is 1. The van der Waals surface area contributed by atoms with Gasteiger partial charge in [0.15, 0.2) is 0 Å². The molecule has 0 saturated carbocycles. The van der Waals surface area contributed by atoms with E-state index in [2.05, 4.69) is 0 Å². The van der Waals surface area contributed by atoms with Crippen molar-refractivity contribution in [1.29, 1.82) is 0 Å². The monoisotopic (exact) mass is 514 g/mol. The van der Waals surface area contributed by atoms with Gasteiger partial charge in [-0.15, -0.1) is 12.4 Å². The summed E-state index contributed by atoms with van der Waals surface area (Å²) in [5.74, 6) is 0.229. The van der Waals surface area contributed by atoms with Crippen LogP contribution in [-0.2, 0) is 36.0 Å². The van der Waals surface area contributed by atoms with E-state index in [9.17, 15) is 18.6 Å². The van der Waals surface area contributed by atoms with Gasteiger partial charge in [-0.1, -0.05) is 0 Å². The van der Waals surface area contributed by atoms with Crippen LogP contribution in [-0.4, -0.2) is 94.6 Å². The van der Waals surface area contributed by atoms with E-state index in [0.717, 1.165) is 0 Å². The molecule has 0 radical (unpaired) electrons. The van der Waals surface area contributed by atoms with Crippen molar-refractivity contribution in [2.45, 2.75) is 36.0 Å². The highest BCUT2D eigenvalue weighted by atomic mass is 35.5. The summed E-state index contributed by atoms with van der Waals surface area (Å²) < 4.78 is 27.6. The van der Waals surface area contributed by atoms with Crippen LogP contribution in [0.4, 0.5) is 0 Å². The average Bonchev–Trinajstić information content (AvgIpc) is 2.66. The molecule has 2 rings (SSSR count). The molecule has 2 aromatic carbocycles. The Morgan fingerprint density at radius 2 is 0.765 bits per heavy atom. The van der Waals surface area contributed by atoms with Crippen LogP contribution in [0.25, 0.3) is 0 Å². The van der Waals surface area contributed by atoms with Crippen LogP contribution >= 0.6 is 12.4 Å². The first-order chi connectivity index (χ1) is 15.2. The number of aromatic hydroxyl groups is 2. The molecule has 0 saturated heterocycles. The quantitative estimate of drug-likeness (QED) is 0.500. The second-order valence-corrected chi connectivity index (χ2v) is 11.6. The summed E-state index contributed by atoms with van der Waals surface area (Å²) in [5.41, 5.74) is 2.22. The van der Waals surface area contributed by atoms with E-state index in [1.54, 1.807) is 24.3 Å². The Labute approximate surface area is 210 Å². The lowest BCUT2D eigenvalue weighted by atomic mass is 10.1. The van der Waals surface area contributed by atoms with Crippen molar-refractivity contribution in [3.63, 3.8) is 0 Å². The summed E-state index contributed by atoms with van der Waals surface area (Å²) in [6.07, 6.45) is 0. The Morgan fingerprint density at radius 1 is 0.559 bits per heavy atom. The minimum atomic E-state index is -3.90. The lowest BCUT2D eigenvalue weighted by Crippen LogP contribution is -2.16. The molecule has 0 heterocycles. The smallest absolute Gasteiger partial charge is 0.206 e. The number of nitrogens with zero attached hydrogens (tertiary/aromatic N) is 4. The van der Waals surface area contributed by atoms with Crippen LogP contribution in [0.2, 0.25) is 0 Å². The second kappa shape index (κ2) is 12.2. The lowest BCUT2D eigenvalue weighted by Gasteiger charge is -2.20.